The van der Waals surface area contributed by atoms with E-state index in [0.717, 1.165) is 13.0 Å². The molecule has 0 aromatic heterocycles. The van der Waals surface area contributed by atoms with Gasteiger partial charge in [0.25, 0.3) is 0 Å². The van der Waals surface area contributed by atoms with E-state index in [1.165, 1.54) is 21.3 Å². The third-order valence-corrected chi connectivity index (χ3v) is 4.98. The number of benzene rings is 2. The van der Waals surface area contributed by atoms with Gasteiger partial charge in [-0.25, -0.2) is 0 Å². The van der Waals surface area contributed by atoms with E-state index in [4.69, 9.17) is 14.2 Å². The van der Waals surface area contributed by atoms with Crippen molar-refractivity contribution in [3.8, 4) is 17.2 Å². The fourth-order valence-corrected chi connectivity index (χ4v) is 3.75. The lowest BCUT2D eigenvalue weighted by Crippen LogP contribution is -2.25. The summed E-state index contributed by atoms with van der Waals surface area (Å²) < 4.78 is 16.7. The summed E-state index contributed by atoms with van der Waals surface area (Å²) >= 11 is 0. The molecule has 1 aliphatic carbocycles. The van der Waals surface area contributed by atoms with Crippen molar-refractivity contribution in [2.45, 2.75) is 12.8 Å². The smallest absolute Gasteiger partial charge is 0.204 e. The largest absolute Gasteiger partial charge is 0.492 e. The van der Waals surface area contributed by atoms with Gasteiger partial charge in [0.1, 0.15) is 0 Å². The molecule has 28 heavy (non-hydrogen) atoms. The molecule has 0 saturated heterocycles. The Morgan fingerprint density at radius 2 is 1.32 bits per heavy atom. The third-order valence-electron chi connectivity index (χ3n) is 4.98. The van der Waals surface area contributed by atoms with E-state index in [1.54, 1.807) is 24.3 Å². The van der Waals surface area contributed by atoms with E-state index < -0.39 is 0 Å². The summed E-state index contributed by atoms with van der Waals surface area (Å²) in [5, 5.41) is 0. The topological polar surface area (TPSA) is 65.1 Å². The summed E-state index contributed by atoms with van der Waals surface area (Å²) in [5.41, 5.74) is 2.08. The van der Waals surface area contributed by atoms with Gasteiger partial charge in [0.15, 0.2) is 23.1 Å². The summed E-state index contributed by atoms with van der Waals surface area (Å²) in [5.74, 6) is 0.584. The molecule has 1 aliphatic rings. The minimum Gasteiger partial charge on any atom is -0.492 e. The van der Waals surface area contributed by atoms with Gasteiger partial charge in [0.05, 0.1) is 26.9 Å². The van der Waals surface area contributed by atoms with Gasteiger partial charge < -0.3 is 19.1 Å². The average Bonchev–Trinajstić information content (AvgIpc) is 2.70. The Morgan fingerprint density at radius 1 is 0.786 bits per heavy atom. The number of hydrogen-bond acceptors (Lipinski definition) is 6. The van der Waals surface area contributed by atoms with Crippen LogP contribution in [0.15, 0.2) is 24.3 Å². The van der Waals surface area contributed by atoms with Crippen LogP contribution in [0.2, 0.25) is 0 Å². The van der Waals surface area contributed by atoms with Gasteiger partial charge in [-0.2, -0.15) is 0 Å². The van der Waals surface area contributed by atoms with Gasteiger partial charge in [0.2, 0.25) is 5.75 Å². The lowest BCUT2D eigenvalue weighted by atomic mass is 9.79. The van der Waals surface area contributed by atoms with Gasteiger partial charge in [-0.3, -0.25) is 9.59 Å². The van der Waals surface area contributed by atoms with Crippen LogP contribution in [0, 0.1) is 0 Å². The molecular formula is C22H25NO5. The van der Waals surface area contributed by atoms with Crippen LogP contribution in [0.3, 0.4) is 0 Å². The van der Waals surface area contributed by atoms with Crippen molar-refractivity contribution in [3.05, 3.63) is 52.1 Å². The van der Waals surface area contributed by atoms with Crippen molar-refractivity contribution in [2.75, 3.05) is 42.0 Å². The third kappa shape index (κ3) is 3.14. The van der Waals surface area contributed by atoms with Gasteiger partial charge in [0, 0.05) is 22.3 Å². The minimum atomic E-state index is -0.239. The molecule has 3 rings (SSSR count). The standard InChI is InChI=1S/C22H25NO5/c1-23(2)12-8-11-15-16-17(21(27-4)22(28-5)20(15)26-3)19(25)14-10-7-6-9-13(14)18(16)24/h6-7,9-10H,8,11-12H2,1-5H3. The molecule has 0 aliphatic heterocycles. The molecule has 0 bridgehead atoms. The number of rotatable bonds is 7. The zero-order valence-electron chi connectivity index (χ0n) is 16.9. The lowest BCUT2D eigenvalue weighted by Gasteiger charge is -2.26. The molecule has 0 atom stereocenters. The molecule has 2 aromatic carbocycles. The average molecular weight is 383 g/mol. The normalized spacial score (nSPS) is 12.6. The quantitative estimate of drug-likeness (QED) is 0.625. The SMILES string of the molecule is COc1c(CCCN(C)C)c2c(c(OC)c1OC)C(=O)c1ccccc1C2=O. The first-order valence-corrected chi connectivity index (χ1v) is 9.14. The number of hydrogen-bond donors (Lipinski definition) is 0. The predicted molar refractivity (Wildman–Crippen MR) is 106 cm³/mol. The fraction of sp³-hybridized carbons (Fsp3) is 0.364. The first kappa shape index (κ1) is 19.9. The maximum atomic E-state index is 13.4. The lowest BCUT2D eigenvalue weighted by molar-refractivity contribution is 0.0974. The van der Waals surface area contributed by atoms with E-state index in [0.29, 0.717) is 40.2 Å². The second-order valence-corrected chi connectivity index (χ2v) is 6.94. The summed E-state index contributed by atoms with van der Waals surface area (Å²) in [6.07, 6.45) is 1.37. The Balaban J connectivity index is 2.31. The van der Waals surface area contributed by atoms with Crippen molar-refractivity contribution >= 4 is 11.6 Å². The molecule has 0 saturated carbocycles. The number of carbonyl (C=O) groups excluding carboxylic acids is 2. The second kappa shape index (κ2) is 8.02. The van der Waals surface area contributed by atoms with Gasteiger partial charge in [-0.15, -0.1) is 0 Å². The monoisotopic (exact) mass is 383 g/mol. The van der Waals surface area contributed by atoms with Crippen LogP contribution in [-0.4, -0.2) is 58.4 Å². The molecule has 148 valence electrons. The first-order valence-electron chi connectivity index (χ1n) is 9.14. The molecule has 0 spiro atoms. The molecule has 0 heterocycles. The summed E-state index contributed by atoms with van der Waals surface area (Å²) in [6, 6.07) is 6.87. The van der Waals surface area contributed by atoms with Crippen molar-refractivity contribution < 1.29 is 23.8 Å². The maximum Gasteiger partial charge on any atom is 0.204 e. The highest BCUT2D eigenvalue weighted by Gasteiger charge is 2.38. The van der Waals surface area contributed by atoms with E-state index in [1.807, 2.05) is 14.1 Å². The summed E-state index contributed by atoms with van der Waals surface area (Å²) in [7, 11) is 8.47. The van der Waals surface area contributed by atoms with E-state index in [-0.39, 0.29) is 22.9 Å². The second-order valence-electron chi connectivity index (χ2n) is 6.94. The molecule has 0 unspecified atom stereocenters. The Labute approximate surface area is 165 Å². The molecule has 0 amide bonds. The van der Waals surface area contributed by atoms with Gasteiger partial charge in [-0.1, -0.05) is 24.3 Å². The number of methoxy groups -OCH3 is 3. The molecule has 2 aromatic rings. The van der Waals surface area contributed by atoms with Crippen LogP contribution < -0.4 is 14.2 Å². The minimum absolute atomic E-state index is 0.190. The highest BCUT2D eigenvalue weighted by molar-refractivity contribution is 6.30. The Bertz CT molecular complexity index is 933. The Kier molecular flexibility index (Phi) is 5.70. The van der Waals surface area contributed by atoms with Crippen molar-refractivity contribution in [1.29, 1.82) is 0 Å². The molecule has 0 fully saturated rings. The van der Waals surface area contributed by atoms with Crippen LogP contribution in [0.5, 0.6) is 17.2 Å². The zero-order chi connectivity index (χ0) is 20.4. The number of fused-ring (bicyclic) bond motifs is 2. The van der Waals surface area contributed by atoms with E-state index >= 15 is 0 Å². The number of ether oxygens (including phenoxy) is 3. The molecule has 0 N–H and O–H groups in total. The number of carbonyl (C=O) groups is 2. The predicted octanol–water partition coefficient (Wildman–Crippen LogP) is 2.98. The van der Waals surface area contributed by atoms with Crippen LogP contribution >= 0.6 is 0 Å². The molecule has 6 nitrogen and oxygen atoms in total. The molecule has 6 heteroatoms. The number of ketones is 2. The zero-order valence-corrected chi connectivity index (χ0v) is 16.9. The number of nitrogens with zero attached hydrogens (tertiary/aromatic N) is 1. The van der Waals surface area contributed by atoms with Crippen LogP contribution in [0.4, 0.5) is 0 Å². The molecular weight excluding hydrogens is 358 g/mol. The highest BCUT2D eigenvalue weighted by atomic mass is 16.5. The van der Waals surface area contributed by atoms with E-state index in [2.05, 4.69) is 4.90 Å². The fourth-order valence-electron chi connectivity index (χ4n) is 3.75. The highest BCUT2D eigenvalue weighted by Crippen LogP contribution is 2.48. The van der Waals surface area contributed by atoms with Crippen LogP contribution in [0.1, 0.15) is 43.8 Å². The van der Waals surface area contributed by atoms with Crippen molar-refractivity contribution in [3.63, 3.8) is 0 Å². The van der Waals surface area contributed by atoms with E-state index in [9.17, 15) is 9.59 Å². The summed E-state index contributed by atoms with van der Waals surface area (Å²) in [6.45, 7) is 0.838. The van der Waals surface area contributed by atoms with Crippen molar-refractivity contribution in [1.82, 2.24) is 4.90 Å². The summed E-state index contributed by atoms with van der Waals surface area (Å²) in [4.78, 5) is 28.8. The van der Waals surface area contributed by atoms with Crippen LogP contribution in [0.25, 0.3) is 0 Å². The van der Waals surface area contributed by atoms with Crippen LogP contribution in [-0.2, 0) is 6.42 Å². The van der Waals surface area contributed by atoms with Gasteiger partial charge in [-0.05, 0) is 33.5 Å². The molecule has 0 radical (unpaired) electrons. The maximum absolute atomic E-state index is 13.4. The van der Waals surface area contributed by atoms with Crippen molar-refractivity contribution in [2.24, 2.45) is 0 Å². The Morgan fingerprint density at radius 3 is 1.82 bits per heavy atom. The van der Waals surface area contributed by atoms with Gasteiger partial charge >= 0.3 is 0 Å². The first-order chi connectivity index (χ1) is 13.5. The Hall–Kier alpha value is -2.86.